The zero-order chi connectivity index (χ0) is 12.8. The molecule has 19 heavy (non-hydrogen) atoms. The van der Waals surface area contributed by atoms with Gasteiger partial charge in [0.15, 0.2) is 0 Å². The third-order valence-electron chi connectivity index (χ3n) is 3.05. The van der Waals surface area contributed by atoms with Crippen LogP contribution in [0.4, 0.5) is 0 Å². The maximum absolute atomic E-state index is 6.18. The number of ether oxygens (including phenoxy) is 1. The first kappa shape index (κ1) is 15.7. The quantitative estimate of drug-likeness (QED) is 0.904. The molecule has 0 bridgehead atoms. The predicted octanol–water partition coefficient (Wildman–Crippen LogP) is 3.71. The summed E-state index contributed by atoms with van der Waals surface area (Å²) in [5.41, 5.74) is 8.46. The molecule has 0 aliphatic rings. The molecule has 0 amide bonds. The molecule has 0 heterocycles. The van der Waals surface area contributed by atoms with Crippen molar-refractivity contribution in [1.29, 1.82) is 0 Å². The standard InChI is InChI=1S/C16H19NO.ClH/c1-13(16(17)15-10-6-3-7-11-15)18-12-14-8-4-2-5-9-14;/h2-11,13,16H,12,17H2,1H3;1H/t13-,16-;/m0./s1. The van der Waals surface area contributed by atoms with Crippen LogP contribution >= 0.6 is 12.4 Å². The summed E-state index contributed by atoms with van der Waals surface area (Å²) in [6.45, 7) is 2.61. The lowest BCUT2D eigenvalue weighted by Gasteiger charge is -2.21. The van der Waals surface area contributed by atoms with Crippen LogP contribution < -0.4 is 5.73 Å². The monoisotopic (exact) mass is 277 g/mol. The minimum absolute atomic E-state index is 0. The van der Waals surface area contributed by atoms with Crippen molar-refractivity contribution < 1.29 is 4.74 Å². The molecule has 0 aromatic heterocycles. The predicted molar refractivity (Wildman–Crippen MR) is 81.3 cm³/mol. The summed E-state index contributed by atoms with van der Waals surface area (Å²) in [6.07, 6.45) is -0.00685. The van der Waals surface area contributed by atoms with Crippen molar-refractivity contribution in [3.05, 3.63) is 71.8 Å². The SMILES string of the molecule is C[C@H](OCc1ccccc1)[C@H](N)c1ccccc1.Cl. The molecule has 0 aliphatic heterocycles. The molecule has 0 saturated heterocycles. The van der Waals surface area contributed by atoms with Gasteiger partial charge >= 0.3 is 0 Å². The van der Waals surface area contributed by atoms with E-state index in [-0.39, 0.29) is 24.6 Å². The van der Waals surface area contributed by atoms with E-state index in [4.69, 9.17) is 10.5 Å². The fourth-order valence-electron chi connectivity index (χ4n) is 1.85. The maximum atomic E-state index is 6.18. The van der Waals surface area contributed by atoms with Gasteiger partial charge in [-0.25, -0.2) is 0 Å². The molecular formula is C16H20ClNO. The molecule has 2 rings (SSSR count). The van der Waals surface area contributed by atoms with Crippen molar-refractivity contribution in [2.75, 3.05) is 0 Å². The number of rotatable bonds is 5. The van der Waals surface area contributed by atoms with E-state index in [1.54, 1.807) is 0 Å². The summed E-state index contributed by atoms with van der Waals surface area (Å²) >= 11 is 0. The van der Waals surface area contributed by atoms with Gasteiger partial charge in [-0.2, -0.15) is 0 Å². The Morgan fingerprint density at radius 3 is 2.05 bits per heavy atom. The number of halogens is 1. The molecule has 2 N–H and O–H groups in total. The third kappa shape index (κ3) is 4.67. The molecule has 2 aromatic carbocycles. The lowest BCUT2D eigenvalue weighted by atomic mass is 10.0. The van der Waals surface area contributed by atoms with Crippen LogP contribution in [0, 0.1) is 0 Å². The van der Waals surface area contributed by atoms with E-state index in [2.05, 4.69) is 12.1 Å². The largest absolute Gasteiger partial charge is 0.372 e. The third-order valence-corrected chi connectivity index (χ3v) is 3.05. The van der Waals surface area contributed by atoms with Crippen LogP contribution in [0.3, 0.4) is 0 Å². The minimum Gasteiger partial charge on any atom is -0.372 e. The molecule has 0 aliphatic carbocycles. The van der Waals surface area contributed by atoms with Gasteiger partial charge in [-0.15, -0.1) is 12.4 Å². The van der Waals surface area contributed by atoms with Crippen molar-refractivity contribution in [3.8, 4) is 0 Å². The second-order valence-electron chi connectivity index (χ2n) is 4.44. The van der Waals surface area contributed by atoms with Crippen LogP contribution in [0.15, 0.2) is 60.7 Å². The first-order valence-corrected chi connectivity index (χ1v) is 6.23. The maximum Gasteiger partial charge on any atom is 0.0744 e. The van der Waals surface area contributed by atoms with E-state index in [1.165, 1.54) is 5.56 Å². The van der Waals surface area contributed by atoms with Crippen molar-refractivity contribution in [2.24, 2.45) is 5.73 Å². The first-order valence-electron chi connectivity index (χ1n) is 6.23. The van der Waals surface area contributed by atoms with Gasteiger partial charge in [0.25, 0.3) is 0 Å². The molecule has 2 aromatic rings. The molecule has 0 unspecified atom stereocenters. The second-order valence-corrected chi connectivity index (χ2v) is 4.44. The van der Waals surface area contributed by atoms with Gasteiger partial charge in [-0.3, -0.25) is 0 Å². The summed E-state index contributed by atoms with van der Waals surface area (Å²) in [7, 11) is 0. The van der Waals surface area contributed by atoms with Gasteiger partial charge in [0, 0.05) is 0 Å². The zero-order valence-electron chi connectivity index (χ0n) is 11.0. The van der Waals surface area contributed by atoms with E-state index in [9.17, 15) is 0 Å². The van der Waals surface area contributed by atoms with Crippen LogP contribution in [0.25, 0.3) is 0 Å². The Hall–Kier alpha value is -1.35. The van der Waals surface area contributed by atoms with E-state index >= 15 is 0 Å². The number of nitrogens with two attached hydrogens (primary N) is 1. The summed E-state index contributed by atoms with van der Waals surface area (Å²) in [6, 6.07) is 20.1. The van der Waals surface area contributed by atoms with Gasteiger partial charge < -0.3 is 10.5 Å². The summed E-state index contributed by atoms with van der Waals surface area (Å²) in [4.78, 5) is 0. The Morgan fingerprint density at radius 1 is 0.947 bits per heavy atom. The lowest BCUT2D eigenvalue weighted by Crippen LogP contribution is -2.26. The van der Waals surface area contributed by atoms with Gasteiger partial charge in [0.1, 0.15) is 0 Å². The van der Waals surface area contributed by atoms with Crippen LogP contribution in [0.5, 0.6) is 0 Å². The average molecular weight is 278 g/mol. The fourth-order valence-corrected chi connectivity index (χ4v) is 1.85. The van der Waals surface area contributed by atoms with Gasteiger partial charge in [-0.05, 0) is 18.1 Å². The molecule has 102 valence electrons. The van der Waals surface area contributed by atoms with Crippen LogP contribution in [0.1, 0.15) is 24.1 Å². The Labute approximate surface area is 121 Å². The van der Waals surface area contributed by atoms with Crippen molar-refractivity contribution in [1.82, 2.24) is 0 Å². The first-order chi connectivity index (χ1) is 8.77. The molecule has 2 nitrogen and oxygen atoms in total. The molecular weight excluding hydrogens is 258 g/mol. The smallest absolute Gasteiger partial charge is 0.0744 e. The number of hydrogen-bond acceptors (Lipinski definition) is 2. The molecule has 0 spiro atoms. The molecule has 0 fully saturated rings. The molecule has 2 atom stereocenters. The Kier molecular flexibility index (Phi) is 6.57. The summed E-state index contributed by atoms with van der Waals surface area (Å²) in [5.74, 6) is 0. The molecule has 3 heteroatoms. The minimum atomic E-state index is -0.0880. The fraction of sp³-hybridized carbons (Fsp3) is 0.250. The van der Waals surface area contributed by atoms with Crippen LogP contribution in [-0.2, 0) is 11.3 Å². The highest BCUT2D eigenvalue weighted by Gasteiger charge is 2.14. The van der Waals surface area contributed by atoms with Crippen molar-refractivity contribution in [2.45, 2.75) is 25.7 Å². The van der Waals surface area contributed by atoms with Crippen molar-refractivity contribution >= 4 is 12.4 Å². The topological polar surface area (TPSA) is 35.2 Å². The van der Waals surface area contributed by atoms with E-state index in [1.807, 2.05) is 55.5 Å². The number of hydrogen-bond donors (Lipinski definition) is 1. The van der Waals surface area contributed by atoms with Gasteiger partial charge in [-0.1, -0.05) is 60.7 Å². The number of benzene rings is 2. The summed E-state index contributed by atoms with van der Waals surface area (Å²) in [5, 5.41) is 0. The van der Waals surface area contributed by atoms with E-state index < -0.39 is 0 Å². The van der Waals surface area contributed by atoms with E-state index in [0.717, 1.165) is 5.56 Å². The molecule has 0 saturated carbocycles. The van der Waals surface area contributed by atoms with E-state index in [0.29, 0.717) is 6.61 Å². The van der Waals surface area contributed by atoms with Gasteiger partial charge in [0.05, 0.1) is 18.8 Å². The highest BCUT2D eigenvalue weighted by Crippen LogP contribution is 2.17. The van der Waals surface area contributed by atoms with Crippen molar-refractivity contribution in [3.63, 3.8) is 0 Å². The molecule has 0 radical (unpaired) electrons. The van der Waals surface area contributed by atoms with Crippen LogP contribution in [-0.4, -0.2) is 6.10 Å². The highest BCUT2D eigenvalue weighted by molar-refractivity contribution is 5.85. The van der Waals surface area contributed by atoms with Crippen LogP contribution in [0.2, 0.25) is 0 Å². The van der Waals surface area contributed by atoms with Gasteiger partial charge in [0.2, 0.25) is 0 Å². The second kappa shape index (κ2) is 7.95. The normalized spacial score (nSPS) is 13.4. The Morgan fingerprint density at radius 2 is 1.47 bits per heavy atom. The Balaban J connectivity index is 0.00000180. The summed E-state index contributed by atoms with van der Waals surface area (Å²) < 4.78 is 5.82. The zero-order valence-corrected chi connectivity index (χ0v) is 11.8. The highest BCUT2D eigenvalue weighted by atomic mass is 35.5. The Bertz CT molecular complexity index is 461. The lowest BCUT2D eigenvalue weighted by molar-refractivity contribution is 0.0357. The average Bonchev–Trinajstić information content (AvgIpc) is 2.46.